The third-order valence-corrected chi connectivity index (χ3v) is 3.30. The summed E-state index contributed by atoms with van der Waals surface area (Å²) in [6.45, 7) is 5.25. The van der Waals surface area contributed by atoms with Crippen LogP contribution >= 0.6 is 12.2 Å². The van der Waals surface area contributed by atoms with E-state index in [4.69, 9.17) is 17.0 Å². The van der Waals surface area contributed by atoms with E-state index in [1.54, 1.807) is 4.90 Å². The third-order valence-electron chi connectivity index (χ3n) is 2.97. The Hall–Kier alpha value is -1.62. The number of thiocarbonyl (C=S) groups is 1. The van der Waals surface area contributed by atoms with Crippen molar-refractivity contribution in [3.63, 3.8) is 0 Å². The molecule has 0 radical (unpaired) electrons. The number of carbonyl (C=O) groups is 1. The first kappa shape index (κ1) is 13.8. The van der Waals surface area contributed by atoms with E-state index in [1.807, 2.05) is 31.2 Å². The number of benzene rings is 1. The number of rotatable bonds is 4. The van der Waals surface area contributed by atoms with Gasteiger partial charge in [-0.1, -0.05) is 13.8 Å². The number of ether oxygens (including phenoxy) is 1. The molecule has 2 rings (SSSR count). The highest BCUT2D eigenvalue weighted by molar-refractivity contribution is 7.80. The first-order valence-corrected chi connectivity index (χ1v) is 6.89. The van der Waals surface area contributed by atoms with Crippen LogP contribution in [0, 0.1) is 5.92 Å². The Morgan fingerprint density at radius 1 is 1.42 bits per heavy atom. The second-order valence-corrected chi connectivity index (χ2v) is 4.99. The molecule has 1 atom stereocenters. The van der Waals surface area contributed by atoms with Crippen LogP contribution in [-0.2, 0) is 4.79 Å². The highest BCUT2D eigenvalue weighted by Gasteiger charge is 2.29. The van der Waals surface area contributed by atoms with Gasteiger partial charge in [0.2, 0.25) is 5.91 Å². The van der Waals surface area contributed by atoms with E-state index in [0.29, 0.717) is 18.3 Å². The molecule has 0 aromatic heterocycles. The fourth-order valence-electron chi connectivity index (χ4n) is 1.88. The molecule has 1 aromatic carbocycles. The molecule has 102 valence electrons. The van der Waals surface area contributed by atoms with Gasteiger partial charge in [-0.25, -0.2) is 0 Å². The lowest BCUT2D eigenvalue weighted by Crippen LogP contribution is -2.54. The molecular formula is C14H18N2O2S. The van der Waals surface area contributed by atoms with Gasteiger partial charge in [-0.3, -0.25) is 9.69 Å². The average molecular weight is 278 g/mol. The average Bonchev–Trinajstić information content (AvgIpc) is 2.42. The zero-order chi connectivity index (χ0) is 13.8. The molecule has 1 saturated heterocycles. The lowest BCUT2D eigenvalue weighted by atomic mass is 10.1. The summed E-state index contributed by atoms with van der Waals surface area (Å²) < 4.78 is 5.52. The largest absolute Gasteiger partial charge is 0.494 e. The number of anilines is 1. The fourth-order valence-corrected chi connectivity index (χ4v) is 2.16. The first-order valence-electron chi connectivity index (χ1n) is 6.48. The number of hydrogen-bond acceptors (Lipinski definition) is 3. The summed E-state index contributed by atoms with van der Waals surface area (Å²) in [6, 6.07) is 7.43. The third kappa shape index (κ3) is 3.04. The standard InChI is InChI=1S/C14H18N2O2S/c1-3-8-18-12-6-4-11(5-7-12)16-13(17)10(2)9-15-14(16)19/h4-7,10H,3,8-9H2,1-2H3,(H,15,19). The summed E-state index contributed by atoms with van der Waals surface area (Å²) in [5, 5.41) is 3.53. The first-order chi connectivity index (χ1) is 9.13. The second kappa shape index (κ2) is 6.02. The van der Waals surface area contributed by atoms with Crippen LogP contribution < -0.4 is 15.0 Å². The molecule has 4 nitrogen and oxygen atoms in total. The van der Waals surface area contributed by atoms with Crippen LogP contribution in [0.5, 0.6) is 5.75 Å². The Balaban J connectivity index is 2.16. The molecule has 1 heterocycles. The molecule has 0 aliphatic carbocycles. The SMILES string of the molecule is CCCOc1ccc(N2C(=O)C(C)CNC2=S)cc1. The van der Waals surface area contributed by atoms with Crippen molar-refractivity contribution in [2.24, 2.45) is 5.92 Å². The van der Waals surface area contributed by atoms with Gasteiger partial charge >= 0.3 is 0 Å². The van der Waals surface area contributed by atoms with Gasteiger partial charge in [0.1, 0.15) is 5.75 Å². The van der Waals surface area contributed by atoms with Gasteiger partial charge in [-0.2, -0.15) is 0 Å². The molecule has 5 heteroatoms. The Kier molecular flexibility index (Phi) is 4.37. The van der Waals surface area contributed by atoms with Crippen LogP contribution in [0.2, 0.25) is 0 Å². The lowest BCUT2D eigenvalue weighted by Gasteiger charge is -2.32. The molecule has 1 aromatic rings. The van der Waals surface area contributed by atoms with Crippen LogP contribution in [-0.4, -0.2) is 24.2 Å². The minimum atomic E-state index is -0.0669. The van der Waals surface area contributed by atoms with E-state index in [1.165, 1.54) is 0 Å². The van der Waals surface area contributed by atoms with E-state index in [-0.39, 0.29) is 11.8 Å². The van der Waals surface area contributed by atoms with Crippen LogP contribution in [0.3, 0.4) is 0 Å². The van der Waals surface area contributed by atoms with Gasteiger partial charge < -0.3 is 10.1 Å². The quantitative estimate of drug-likeness (QED) is 0.858. The fraction of sp³-hybridized carbons (Fsp3) is 0.429. The molecule has 1 N–H and O–H groups in total. The predicted molar refractivity (Wildman–Crippen MR) is 79.5 cm³/mol. The Morgan fingerprint density at radius 2 is 2.11 bits per heavy atom. The van der Waals surface area contributed by atoms with Crippen molar-refractivity contribution < 1.29 is 9.53 Å². The van der Waals surface area contributed by atoms with Crippen molar-refractivity contribution in [3.05, 3.63) is 24.3 Å². The highest BCUT2D eigenvalue weighted by atomic mass is 32.1. The van der Waals surface area contributed by atoms with Crippen LogP contribution in [0.15, 0.2) is 24.3 Å². The minimum absolute atomic E-state index is 0.0333. The molecule has 1 unspecified atom stereocenters. The zero-order valence-corrected chi connectivity index (χ0v) is 12.0. The Morgan fingerprint density at radius 3 is 2.74 bits per heavy atom. The maximum Gasteiger partial charge on any atom is 0.237 e. The van der Waals surface area contributed by atoms with Crippen molar-refractivity contribution in [2.75, 3.05) is 18.1 Å². The zero-order valence-electron chi connectivity index (χ0n) is 11.2. The number of nitrogens with one attached hydrogen (secondary N) is 1. The Bertz CT molecular complexity index is 473. The van der Waals surface area contributed by atoms with Gasteiger partial charge in [0, 0.05) is 6.54 Å². The number of hydrogen-bond donors (Lipinski definition) is 1. The maximum atomic E-state index is 12.2. The molecule has 1 amide bonds. The molecule has 1 aliphatic heterocycles. The summed E-state index contributed by atoms with van der Waals surface area (Å²) >= 11 is 5.20. The van der Waals surface area contributed by atoms with E-state index in [0.717, 1.165) is 17.9 Å². The molecule has 1 aliphatic rings. The van der Waals surface area contributed by atoms with Crippen molar-refractivity contribution >= 4 is 28.9 Å². The number of nitrogens with zero attached hydrogens (tertiary/aromatic N) is 1. The number of amides is 1. The van der Waals surface area contributed by atoms with E-state index in [9.17, 15) is 4.79 Å². The van der Waals surface area contributed by atoms with Crippen molar-refractivity contribution in [3.8, 4) is 5.75 Å². The molecule has 0 spiro atoms. The van der Waals surface area contributed by atoms with Gasteiger partial charge in [-0.05, 0) is 42.9 Å². The molecular weight excluding hydrogens is 260 g/mol. The maximum absolute atomic E-state index is 12.2. The summed E-state index contributed by atoms with van der Waals surface area (Å²) in [5.74, 6) is 0.774. The molecule has 1 fully saturated rings. The van der Waals surface area contributed by atoms with E-state index >= 15 is 0 Å². The van der Waals surface area contributed by atoms with Crippen LogP contribution in [0.25, 0.3) is 0 Å². The summed E-state index contributed by atoms with van der Waals surface area (Å²) in [7, 11) is 0. The minimum Gasteiger partial charge on any atom is -0.494 e. The van der Waals surface area contributed by atoms with E-state index in [2.05, 4.69) is 12.2 Å². The van der Waals surface area contributed by atoms with Gasteiger partial charge in [0.05, 0.1) is 18.2 Å². The lowest BCUT2D eigenvalue weighted by molar-refractivity contribution is -0.121. The van der Waals surface area contributed by atoms with Gasteiger partial charge in [0.25, 0.3) is 0 Å². The van der Waals surface area contributed by atoms with E-state index < -0.39 is 0 Å². The topological polar surface area (TPSA) is 41.6 Å². The van der Waals surface area contributed by atoms with Crippen molar-refractivity contribution in [1.29, 1.82) is 0 Å². The smallest absolute Gasteiger partial charge is 0.237 e. The van der Waals surface area contributed by atoms with Crippen LogP contribution in [0.1, 0.15) is 20.3 Å². The van der Waals surface area contributed by atoms with Gasteiger partial charge in [-0.15, -0.1) is 0 Å². The predicted octanol–water partition coefficient (Wildman–Crippen LogP) is 2.33. The van der Waals surface area contributed by atoms with Crippen molar-refractivity contribution in [2.45, 2.75) is 20.3 Å². The Labute approximate surface area is 118 Å². The van der Waals surface area contributed by atoms with Crippen LogP contribution in [0.4, 0.5) is 5.69 Å². The monoisotopic (exact) mass is 278 g/mol. The second-order valence-electron chi connectivity index (χ2n) is 4.60. The molecule has 19 heavy (non-hydrogen) atoms. The number of carbonyl (C=O) groups excluding carboxylic acids is 1. The highest BCUT2D eigenvalue weighted by Crippen LogP contribution is 2.23. The summed E-state index contributed by atoms with van der Waals surface area (Å²) in [6.07, 6.45) is 0.970. The molecule has 0 bridgehead atoms. The summed E-state index contributed by atoms with van der Waals surface area (Å²) in [5.41, 5.74) is 0.776. The van der Waals surface area contributed by atoms with Crippen molar-refractivity contribution in [1.82, 2.24) is 5.32 Å². The normalized spacial score (nSPS) is 19.3. The van der Waals surface area contributed by atoms with Gasteiger partial charge in [0.15, 0.2) is 5.11 Å². The molecule has 0 saturated carbocycles. The summed E-state index contributed by atoms with van der Waals surface area (Å²) in [4.78, 5) is 13.7.